The fraction of sp³-hybridized carbons (Fsp3) is 0.538. The van der Waals surface area contributed by atoms with Crippen LogP contribution in [0.25, 0.3) is 0 Å². The molecule has 3 unspecified atom stereocenters. The third-order valence-electron chi connectivity index (χ3n) is 6.71. The van der Waals surface area contributed by atoms with E-state index in [1.165, 1.54) is 23.1 Å². The highest BCUT2D eigenvalue weighted by Crippen LogP contribution is 2.37. The molecule has 0 fully saturated rings. The van der Waals surface area contributed by atoms with Gasteiger partial charge in [0, 0.05) is 0 Å². The van der Waals surface area contributed by atoms with Gasteiger partial charge < -0.3 is 9.47 Å². The second-order valence-corrected chi connectivity index (χ2v) is 13.3. The lowest BCUT2D eigenvalue weighted by Crippen LogP contribution is -2.45. The van der Waals surface area contributed by atoms with E-state index >= 15 is 0 Å². The van der Waals surface area contributed by atoms with Gasteiger partial charge in [-0.3, -0.25) is 0 Å². The van der Waals surface area contributed by atoms with Crippen molar-refractivity contribution in [2.75, 3.05) is 0 Å². The van der Waals surface area contributed by atoms with E-state index in [4.69, 9.17) is 9.47 Å². The van der Waals surface area contributed by atoms with Gasteiger partial charge in [0.2, 0.25) is 6.29 Å². The number of benzene rings is 3. The Morgan fingerprint density at radius 1 is 0.683 bits per heavy atom. The van der Waals surface area contributed by atoms with E-state index in [9.17, 15) is 0 Å². The van der Waals surface area contributed by atoms with Crippen molar-refractivity contribution < 1.29 is 9.47 Å². The summed E-state index contributed by atoms with van der Waals surface area (Å²) in [7, 11) is 0. The minimum Gasteiger partial charge on any atom is -0.464 e. The molecule has 3 aromatic rings. The Balaban J connectivity index is 0.00000129. The fourth-order valence-electron chi connectivity index (χ4n) is 4.89. The van der Waals surface area contributed by atoms with E-state index in [1.807, 2.05) is 13.8 Å². The third-order valence-corrected chi connectivity index (χ3v) is 6.71. The summed E-state index contributed by atoms with van der Waals surface area (Å²) in [6, 6.07) is 30.0. The molecule has 2 nitrogen and oxygen atoms in total. The Bertz CT molecular complexity index is 1050. The molecule has 3 rings (SSSR count). The van der Waals surface area contributed by atoms with Crippen molar-refractivity contribution in [2.24, 2.45) is 11.3 Å². The van der Waals surface area contributed by atoms with Crippen molar-refractivity contribution in [3.8, 4) is 5.75 Å². The summed E-state index contributed by atoms with van der Waals surface area (Å²) in [5.41, 5.74) is 3.79. The van der Waals surface area contributed by atoms with Crippen LogP contribution >= 0.6 is 0 Å². The summed E-state index contributed by atoms with van der Waals surface area (Å²) in [6.45, 7) is 26.1. The maximum Gasteiger partial charge on any atom is 0.209 e. The van der Waals surface area contributed by atoms with Crippen LogP contribution in [0.2, 0.25) is 0 Å². The molecule has 41 heavy (non-hydrogen) atoms. The second kappa shape index (κ2) is 18.1. The molecule has 0 aliphatic carbocycles. The predicted molar refractivity (Wildman–Crippen MR) is 180 cm³/mol. The van der Waals surface area contributed by atoms with Crippen LogP contribution in [-0.2, 0) is 16.6 Å². The SMILES string of the molecule is CC.CC(C)C.CCC(CC(C)(C)C)c1ccc(OC(OC(C)C)C(C)(Cc2ccccc2)c2ccccc2)cc1. The van der Waals surface area contributed by atoms with Crippen molar-refractivity contribution in [1.82, 2.24) is 0 Å². The monoisotopic (exact) mass is 560 g/mol. The molecular formula is C39H60O2. The smallest absolute Gasteiger partial charge is 0.209 e. The Labute approximate surface area is 253 Å². The van der Waals surface area contributed by atoms with Crippen LogP contribution in [0.4, 0.5) is 0 Å². The van der Waals surface area contributed by atoms with Crippen molar-refractivity contribution in [3.63, 3.8) is 0 Å². The maximum atomic E-state index is 6.66. The molecule has 0 bridgehead atoms. The molecular weight excluding hydrogens is 500 g/mol. The van der Waals surface area contributed by atoms with Crippen molar-refractivity contribution in [1.29, 1.82) is 0 Å². The fourth-order valence-corrected chi connectivity index (χ4v) is 4.89. The van der Waals surface area contributed by atoms with E-state index in [2.05, 4.69) is 154 Å². The average molecular weight is 561 g/mol. The summed E-state index contributed by atoms with van der Waals surface area (Å²) >= 11 is 0. The van der Waals surface area contributed by atoms with E-state index in [-0.39, 0.29) is 11.5 Å². The maximum absolute atomic E-state index is 6.66. The molecule has 0 amide bonds. The molecule has 0 N–H and O–H groups in total. The van der Waals surface area contributed by atoms with Gasteiger partial charge in [0.15, 0.2) is 0 Å². The third kappa shape index (κ3) is 13.3. The second-order valence-electron chi connectivity index (χ2n) is 13.3. The van der Waals surface area contributed by atoms with E-state index in [0.717, 1.165) is 24.5 Å². The normalized spacial score (nSPS) is 14.2. The number of hydrogen-bond donors (Lipinski definition) is 0. The standard InChI is InChI=1S/C33H44O2.C4H10.C2H6/c1-8-27(24-32(4,5)6)28-19-21-30(22-20-28)35-31(34-25(2)3)33(7,29-17-13-10-14-18-29)23-26-15-11-9-12-16-26;1-4(2)3;1-2/h9-22,25,27,31H,8,23-24H2,1-7H3;4H,1-3H3;1-2H3. The van der Waals surface area contributed by atoms with Crippen LogP contribution in [0.5, 0.6) is 5.75 Å². The lowest BCUT2D eigenvalue weighted by molar-refractivity contribution is -0.148. The Kier molecular flexibility index (Phi) is 16.1. The molecule has 0 aromatic heterocycles. The summed E-state index contributed by atoms with van der Waals surface area (Å²) in [5.74, 6) is 2.24. The molecule has 3 atom stereocenters. The Morgan fingerprint density at radius 3 is 1.61 bits per heavy atom. The summed E-state index contributed by atoms with van der Waals surface area (Å²) in [6.07, 6.45) is 2.73. The van der Waals surface area contributed by atoms with Crippen molar-refractivity contribution in [2.45, 2.75) is 126 Å². The van der Waals surface area contributed by atoms with Crippen molar-refractivity contribution >= 4 is 0 Å². The zero-order chi connectivity index (χ0) is 31.1. The van der Waals surface area contributed by atoms with Crippen LogP contribution in [0.1, 0.15) is 119 Å². The number of hydrogen-bond acceptors (Lipinski definition) is 2. The summed E-state index contributed by atoms with van der Waals surface area (Å²) in [5, 5.41) is 0. The van der Waals surface area contributed by atoms with E-state index in [0.29, 0.717) is 11.3 Å². The van der Waals surface area contributed by atoms with Crippen molar-refractivity contribution in [3.05, 3.63) is 102 Å². The van der Waals surface area contributed by atoms with Gasteiger partial charge in [0.25, 0.3) is 0 Å². The Morgan fingerprint density at radius 2 is 1.17 bits per heavy atom. The predicted octanol–water partition coefficient (Wildman–Crippen LogP) is 11.6. The molecule has 2 heteroatoms. The van der Waals surface area contributed by atoms with Gasteiger partial charge in [-0.05, 0) is 86.1 Å². The molecule has 0 aliphatic heterocycles. The first kappa shape index (κ1) is 36.4. The zero-order valence-electron chi connectivity index (χ0n) is 28.3. The van der Waals surface area contributed by atoms with Gasteiger partial charge in [-0.25, -0.2) is 0 Å². The minimum atomic E-state index is -0.437. The first-order valence-corrected chi connectivity index (χ1v) is 15.9. The van der Waals surface area contributed by atoms with Crippen LogP contribution in [0.3, 0.4) is 0 Å². The van der Waals surface area contributed by atoms with Crippen LogP contribution in [-0.4, -0.2) is 12.4 Å². The number of rotatable bonds is 11. The van der Waals surface area contributed by atoms with Gasteiger partial charge in [-0.2, -0.15) is 0 Å². The average Bonchev–Trinajstić information content (AvgIpc) is 2.93. The topological polar surface area (TPSA) is 18.5 Å². The largest absolute Gasteiger partial charge is 0.464 e. The molecule has 228 valence electrons. The van der Waals surface area contributed by atoms with E-state index in [1.54, 1.807) is 0 Å². The molecule has 0 saturated carbocycles. The lowest BCUT2D eigenvalue weighted by Gasteiger charge is -2.39. The summed E-state index contributed by atoms with van der Waals surface area (Å²) in [4.78, 5) is 0. The molecule has 0 aliphatic rings. The molecule has 0 heterocycles. The Hall–Kier alpha value is -2.58. The highest BCUT2D eigenvalue weighted by molar-refractivity contribution is 5.33. The lowest BCUT2D eigenvalue weighted by atomic mass is 9.76. The van der Waals surface area contributed by atoms with Gasteiger partial charge in [0.1, 0.15) is 5.75 Å². The van der Waals surface area contributed by atoms with Crippen LogP contribution in [0.15, 0.2) is 84.9 Å². The zero-order valence-corrected chi connectivity index (χ0v) is 28.3. The molecule has 3 aromatic carbocycles. The first-order chi connectivity index (χ1) is 19.3. The van der Waals surface area contributed by atoms with Gasteiger partial charge >= 0.3 is 0 Å². The highest BCUT2D eigenvalue weighted by Gasteiger charge is 2.39. The molecule has 0 radical (unpaired) electrons. The van der Waals surface area contributed by atoms with Gasteiger partial charge in [-0.1, -0.05) is 135 Å². The minimum absolute atomic E-state index is 0.0364. The quantitative estimate of drug-likeness (QED) is 0.217. The van der Waals surface area contributed by atoms with Crippen LogP contribution < -0.4 is 4.74 Å². The highest BCUT2D eigenvalue weighted by atomic mass is 16.7. The number of ether oxygens (including phenoxy) is 2. The van der Waals surface area contributed by atoms with Crippen LogP contribution in [0, 0.1) is 11.3 Å². The molecule has 0 saturated heterocycles. The van der Waals surface area contributed by atoms with Gasteiger partial charge in [0.05, 0.1) is 11.5 Å². The van der Waals surface area contributed by atoms with Gasteiger partial charge in [-0.15, -0.1) is 0 Å². The molecule has 0 spiro atoms. The summed E-state index contributed by atoms with van der Waals surface area (Å²) < 4.78 is 13.2. The van der Waals surface area contributed by atoms with E-state index < -0.39 is 6.29 Å². The first-order valence-electron chi connectivity index (χ1n) is 15.9.